The fourth-order valence-electron chi connectivity index (χ4n) is 3.10. The topological polar surface area (TPSA) is 47.6 Å². The summed E-state index contributed by atoms with van der Waals surface area (Å²) in [6, 6.07) is 13.5. The van der Waals surface area contributed by atoms with Crippen LogP contribution in [0.25, 0.3) is 0 Å². The van der Waals surface area contributed by atoms with E-state index in [-0.39, 0.29) is 29.0 Å². The molecule has 1 heterocycles. The van der Waals surface area contributed by atoms with Crippen molar-refractivity contribution in [2.75, 3.05) is 12.4 Å². The molecule has 0 bridgehead atoms. The first-order valence-corrected chi connectivity index (χ1v) is 10.7. The summed E-state index contributed by atoms with van der Waals surface area (Å²) in [5, 5.41) is 3.61. The van der Waals surface area contributed by atoms with E-state index in [1.165, 1.54) is 0 Å². The molecule has 3 rings (SSSR count). The standard InChI is InChI=1S/C21H22ClNO3S2/c1-12(2)26-19(24)11-18-21(27)23-16-9-8-13(22)10-15(16)20(28-18)14-6-4-5-7-17(14)25-3/h4-10,12,18,20H,11H2,1-3H3,(H,23,27)/t18-,20-/m0/s1. The lowest BCUT2D eigenvalue weighted by Crippen LogP contribution is -2.26. The third kappa shape index (κ3) is 4.80. The van der Waals surface area contributed by atoms with Crippen molar-refractivity contribution in [1.82, 2.24) is 0 Å². The fourth-order valence-corrected chi connectivity index (χ4v) is 5.07. The first kappa shape index (κ1) is 21.0. The maximum Gasteiger partial charge on any atom is 0.307 e. The minimum absolute atomic E-state index is 0.102. The van der Waals surface area contributed by atoms with Gasteiger partial charge in [-0.15, -0.1) is 11.8 Å². The highest BCUT2D eigenvalue weighted by molar-refractivity contribution is 8.02. The predicted molar refractivity (Wildman–Crippen MR) is 120 cm³/mol. The first-order valence-electron chi connectivity index (χ1n) is 8.97. The normalized spacial score (nSPS) is 18.8. The lowest BCUT2D eigenvalue weighted by molar-refractivity contribution is -0.147. The molecule has 0 saturated carbocycles. The number of nitrogens with one attached hydrogen (secondary N) is 1. The Kier molecular flexibility index (Phi) is 6.86. The summed E-state index contributed by atoms with van der Waals surface area (Å²) in [7, 11) is 1.65. The number of ether oxygens (including phenoxy) is 2. The minimum atomic E-state index is -0.264. The van der Waals surface area contributed by atoms with Crippen molar-refractivity contribution in [2.24, 2.45) is 0 Å². The number of methoxy groups -OCH3 is 1. The number of hydrogen-bond acceptors (Lipinski definition) is 5. The van der Waals surface area contributed by atoms with E-state index < -0.39 is 0 Å². The van der Waals surface area contributed by atoms with Crippen molar-refractivity contribution in [1.29, 1.82) is 0 Å². The molecule has 0 amide bonds. The van der Waals surface area contributed by atoms with Crippen molar-refractivity contribution in [3.63, 3.8) is 0 Å². The van der Waals surface area contributed by atoms with Gasteiger partial charge >= 0.3 is 5.97 Å². The molecule has 1 N–H and O–H groups in total. The van der Waals surface area contributed by atoms with Gasteiger partial charge in [0.2, 0.25) is 0 Å². The molecule has 1 aliphatic heterocycles. The van der Waals surface area contributed by atoms with Crippen molar-refractivity contribution in [3.05, 3.63) is 58.6 Å². The van der Waals surface area contributed by atoms with Crippen molar-refractivity contribution in [2.45, 2.75) is 36.9 Å². The molecule has 1 aliphatic rings. The molecule has 4 nitrogen and oxygen atoms in total. The van der Waals surface area contributed by atoms with E-state index in [0.717, 1.165) is 22.6 Å². The monoisotopic (exact) mass is 435 g/mol. The van der Waals surface area contributed by atoms with Crippen LogP contribution in [0.2, 0.25) is 5.02 Å². The average Bonchev–Trinajstić information content (AvgIpc) is 2.78. The van der Waals surface area contributed by atoms with E-state index in [2.05, 4.69) is 5.32 Å². The van der Waals surface area contributed by atoms with Gasteiger partial charge in [-0.1, -0.05) is 42.0 Å². The highest BCUT2D eigenvalue weighted by Gasteiger charge is 2.33. The summed E-state index contributed by atoms with van der Waals surface area (Å²) < 4.78 is 10.9. The van der Waals surface area contributed by atoms with E-state index >= 15 is 0 Å². The fraction of sp³-hybridized carbons (Fsp3) is 0.333. The largest absolute Gasteiger partial charge is 0.496 e. The minimum Gasteiger partial charge on any atom is -0.496 e. The highest BCUT2D eigenvalue weighted by Crippen LogP contribution is 2.48. The Morgan fingerprint density at radius 2 is 2.00 bits per heavy atom. The second-order valence-corrected chi connectivity index (χ2v) is 8.90. The molecule has 0 spiro atoms. The maximum atomic E-state index is 12.3. The molecule has 2 aromatic rings. The number of fused-ring (bicyclic) bond motifs is 1. The summed E-state index contributed by atoms with van der Waals surface area (Å²) >= 11 is 13.5. The van der Waals surface area contributed by atoms with Crippen LogP contribution >= 0.6 is 35.6 Å². The Morgan fingerprint density at radius 1 is 1.25 bits per heavy atom. The maximum absolute atomic E-state index is 12.3. The Balaban J connectivity index is 2.02. The number of para-hydroxylation sites is 1. The number of carbonyl (C=O) groups is 1. The van der Waals surface area contributed by atoms with Gasteiger partial charge in [-0.05, 0) is 43.7 Å². The van der Waals surface area contributed by atoms with Crippen LogP contribution in [0.15, 0.2) is 42.5 Å². The number of rotatable bonds is 5. The Bertz CT molecular complexity index is 888. The van der Waals surface area contributed by atoms with Gasteiger partial charge in [0.05, 0.1) is 35.1 Å². The van der Waals surface area contributed by atoms with Crippen molar-refractivity contribution in [3.8, 4) is 5.75 Å². The number of thiocarbonyl (C=S) groups is 1. The number of esters is 1. The van der Waals surface area contributed by atoms with Gasteiger partial charge in [-0.25, -0.2) is 0 Å². The quantitative estimate of drug-likeness (QED) is 0.484. The van der Waals surface area contributed by atoms with Crippen LogP contribution < -0.4 is 10.1 Å². The summed E-state index contributed by atoms with van der Waals surface area (Å²) in [6.45, 7) is 3.67. The van der Waals surface area contributed by atoms with Crippen molar-refractivity contribution >= 4 is 52.2 Å². The Morgan fingerprint density at radius 3 is 2.71 bits per heavy atom. The second kappa shape index (κ2) is 9.16. The summed E-state index contributed by atoms with van der Waals surface area (Å²) in [5.41, 5.74) is 2.90. The van der Waals surface area contributed by atoms with E-state index in [1.54, 1.807) is 18.9 Å². The number of halogens is 1. The molecule has 0 fully saturated rings. The van der Waals surface area contributed by atoms with Crippen LogP contribution in [0.4, 0.5) is 5.69 Å². The molecule has 0 radical (unpaired) electrons. The van der Waals surface area contributed by atoms with Gasteiger partial charge in [0.25, 0.3) is 0 Å². The van der Waals surface area contributed by atoms with Gasteiger partial charge in [0.15, 0.2) is 0 Å². The summed E-state index contributed by atoms with van der Waals surface area (Å²) in [4.78, 5) is 12.9. The van der Waals surface area contributed by atoms with Crippen LogP contribution in [0, 0.1) is 0 Å². The molecule has 28 heavy (non-hydrogen) atoms. The number of anilines is 1. The second-order valence-electron chi connectivity index (χ2n) is 6.71. The summed E-state index contributed by atoms with van der Waals surface area (Å²) in [6.07, 6.45) is 0.0352. The summed E-state index contributed by atoms with van der Waals surface area (Å²) in [5.74, 6) is 0.515. The van der Waals surface area contributed by atoms with E-state index in [9.17, 15) is 4.79 Å². The average molecular weight is 436 g/mol. The molecule has 0 aliphatic carbocycles. The van der Waals surface area contributed by atoms with Crippen LogP contribution in [0.3, 0.4) is 0 Å². The number of carbonyl (C=O) groups excluding carboxylic acids is 1. The van der Waals surface area contributed by atoms with Gasteiger partial charge < -0.3 is 14.8 Å². The lowest BCUT2D eigenvalue weighted by Gasteiger charge is -2.22. The lowest BCUT2D eigenvalue weighted by atomic mass is 10.0. The molecule has 0 unspecified atom stereocenters. The number of benzene rings is 2. The van der Waals surface area contributed by atoms with E-state index in [1.807, 2.05) is 56.3 Å². The Labute approximate surface area is 179 Å². The third-order valence-corrected chi connectivity index (χ3v) is 6.57. The van der Waals surface area contributed by atoms with Gasteiger partial charge in [0.1, 0.15) is 5.75 Å². The number of thioether (sulfide) groups is 1. The van der Waals surface area contributed by atoms with Crippen LogP contribution in [-0.2, 0) is 9.53 Å². The molecule has 148 valence electrons. The van der Waals surface area contributed by atoms with E-state index in [0.29, 0.717) is 10.0 Å². The van der Waals surface area contributed by atoms with Crippen molar-refractivity contribution < 1.29 is 14.3 Å². The van der Waals surface area contributed by atoms with Gasteiger partial charge in [-0.2, -0.15) is 0 Å². The molecular weight excluding hydrogens is 414 g/mol. The molecule has 0 saturated heterocycles. The Hall–Kier alpha value is -1.76. The number of hydrogen-bond donors (Lipinski definition) is 1. The van der Waals surface area contributed by atoms with E-state index in [4.69, 9.17) is 33.3 Å². The molecule has 0 aromatic heterocycles. The van der Waals surface area contributed by atoms with Gasteiger partial charge in [0, 0.05) is 16.3 Å². The van der Waals surface area contributed by atoms with Crippen LogP contribution in [0.5, 0.6) is 5.75 Å². The molecule has 7 heteroatoms. The first-order chi connectivity index (χ1) is 13.4. The molecule has 2 atom stereocenters. The molecular formula is C21H22ClNO3S2. The predicted octanol–water partition coefficient (Wildman–Crippen LogP) is 5.63. The van der Waals surface area contributed by atoms with Crippen LogP contribution in [-0.4, -0.2) is 29.4 Å². The third-order valence-electron chi connectivity index (χ3n) is 4.29. The van der Waals surface area contributed by atoms with Crippen LogP contribution in [0.1, 0.15) is 36.6 Å². The SMILES string of the molecule is COc1ccccc1[C@@H]1S[C@@H](CC(=O)OC(C)C)C(=S)Nc2ccc(Cl)cc21. The zero-order chi connectivity index (χ0) is 20.3. The zero-order valence-electron chi connectivity index (χ0n) is 15.9. The smallest absolute Gasteiger partial charge is 0.307 e. The zero-order valence-corrected chi connectivity index (χ0v) is 18.3. The highest BCUT2D eigenvalue weighted by atomic mass is 35.5. The van der Waals surface area contributed by atoms with Gasteiger partial charge in [-0.3, -0.25) is 4.79 Å². The molecule has 2 aromatic carbocycles.